The van der Waals surface area contributed by atoms with Gasteiger partial charge in [-0.1, -0.05) is 0 Å². The van der Waals surface area contributed by atoms with Gasteiger partial charge in [-0.25, -0.2) is 0 Å². The lowest BCUT2D eigenvalue weighted by molar-refractivity contribution is 0.261. The van der Waals surface area contributed by atoms with E-state index in [4.69, 9.17) is 4.74 Å². The normalized spacial score (nSPS) is 15.8. The van der Waals surface area contributed by atoms with E-state index in [0.29, 0.717) is 12.4 Å². The molecule has 5 heteroatoms. The second-order valence-electron chi connectivity index (χ2n) is 6.73. The second kappa shape index (κ2) is 7.15. The Bertz CT molecular complexity index is 777. The zero-order valence-electron chi connectivity index (χ0n) is 15.2. The highest BCUT2D eigenvalue weighted by Gasteiger charge is 2.18. The van der Waals surface area contributed by atoms with Crippen molar-refractivity contribution in [2.45, 2.75) is 20.0 Å². The van der Waals surface area contributed by atoms with Gasteiger partial charge in [0.15, 0.2) is 0 Å². The van der Waals surface area contributed by atoms with Crippen LogP contribution in [0, 0.1) is 13.8 Å². The molecule has 0 saturated carbocycles. The average molecular weight is 339 g/mol. The number of nitrogens with zero attached hydrogens (tertiary/aromatic N) is 2. The Labute approximate surface area is 149 Å². The average Bonchev–Trinajstić information content (AvgIpc) is 2.58. The molecular formula is C20H25N3O2. The third-order valence-corrected chi connectivity index (χ3v) is 4.32. The second-order valence-corrected chi connectivity index (χ2v) is 6.73. The maximum Gasteiger partial charge on any atom is 0.144 e. The fourth-order valence-corrected chi connectivity index (χ4v) is 2.86. The first kappa shape index (κ1) is 17.3. The molecule has 0 saturated heterocycles. The van der Waals surface area contributed by atoms with Crippen LogP contribution in [0.4, 0.5) is 5.69 Å². The number of rotatable bonds is 5. The number of phenols is 1. The monoisotopic (exact) mass is 339 g/mol. The van der Waals surface area contributed by atoms with Crippen molar-refractivity contribution in [3.05, 3.63) is 52.6 Å². The molecule has 1 aliphatic rings. The third kappa shape index (κ3) is 3.94. The number of aliphatic imine (C=N–C) groups is 1. The molecule has 5 nitrogen and oxygen atoms in total. The fraction of sp³-hybridized carbons (Fsp3) is 0.350. The summed E-state index contributed by atoms with van der Waals surface area (Å²) in [5.41, 5.74) is 4.81. The molecule has 0 spiro atoms. The highest BCUT2D eigenvalue weighted by atomic mass is 16.5. The van der Waals surface area contributed by atoms with Crippen LogP contribution in [-0.4, -0.2) is 43.5 Å². The van der Waals surface area contributed by atoms with E-state index < -0.39 is 0 Å². The van der Waals surface area contributed by atoms with Crippen LogP contribution in [0.15, 0.2) is 35.3 Å². The minimum atomic E-state index is -0.164. The summed E-state index contributed by atoms with van der Waals surface area (Å²) in [5, 5.41) is 13.4. The molecule has 0 aromatic heterocycles. The summed E-state index contributed by atoms with van der Waals surface area (Å²) < 4.78 is 5.82. The number of hydrogen-bond acceptors (Lipinski definition) is 5. The molecule has 0 amide bonds. The Morgan fingerprint density at radius 2 is 1.88 bits per heavy atom. The van der Waals surface area contributed by atoms with E-state index in [1.807, 2.05) is 64.5 Å². The minimum Gasteiger partial charge on any atom is -0.507 e. The molecule has 0 fully saturated rings. The number of likely N-dealkylation sites (N-methyl/N-ethyl adjacent to an activating group) is 1. The van der Waals surface area contributed by atoms with Gasteiger partial charge in [-0.05, 0) is 68.9 Å². The molecule has 2 aromatic carbocycles. The van der Waals surface area contributed by atoms with Gasteiger partial charge >= 0.3 is 0 Å². The van der Waals surface area contributed by atoms with Crippen molar-refractivity contribution in [1.29, 1.82) is 0 Å². The Hall–Kier alpha value is -2.53. The maximum absolute atomic E-state index is 9.97. The van der Waals surface area contributed by atoms with Crippen LogP contribution in [0.2, 0.25) is 0 Å². The van der Waals surface area contributed by atoms with Crippen LogP contribution >= 0.6 is 0 Å². The molecule has 132 valence electrons. The van der Waals surface area contributed by atoms with E-state index in [9.17, 15) is 5.11 Å². The number of benzene rings is 2. The van der Waals surface area contributed by atoms with E-state index in [-0.39, 0.29) is 6.17 Å². The lowest BCUT2D eigenvalue weighted by Gasteiger charge is -2.23. The number of aryl methyl sites for hydroxylation is 2. The van der Waals surface area contributed by atoms with Crippen molar-refractivity contribution in [2.24, 2.45) is 4.99 Å². The van der Waals surface area contributed by atoms with Crippen molar-refractivity contribution >= 4 is 11.9 Å². The molecule has 1 atom stereocenters. The number of fused-ring (bicyclic) bond motifs is 1. The van der Waals surface area contributed by atoms with Crippen molar-refractivity contribution in [1.82, 2.24) is 4.90 Å². The lowest BCUT2D eigenvalue weighted by atomic mass is 10.0. The summed E-state index contributed by atoms with van der Waals surface area (Å²) in [6.45, 7) is 5.34. The predicted molar refractivity (Wildman–Crippen MR) is 102 cm³/mol. The molecule has 0 aliphatic carbocycles. The van der Waals surface area contributed by atoms with Gasteiger partial charge in [-0.15, -0.1) is 0 Å². The number of aromatic hydroxyl groups is 1. The smallest absolute Gasteiger partial charge is 0.144 e. The predicted octanol–water partition coefficient (Wildman–Crippen LogP) is 3.49. The fourth-order valence-electron chi connectivity index (χ4n) is 2.86. The number of ether oxygens (including phenoxy) is 1. The Morgan fingerprint density at radius 3 is 2.56 bits per heavy atom. The van der Waals surface area contributed by atoms with Gasteiger partial charge in [-0.3, -0.25) is 4.99 Å². The lowest BCUT2D eigenvalue weighted by Crippen LogP contribution is -2.19. The van der Waals surface area contributed by atoms with Crippen molar-refractivity contribution in [2.75, 3.05) is 32.6 Å². The number of hydrogen-bond donors (Lipinski definition) is 2. The van der Waals surface area contributed by atoms with Gasteiger partial charge in [0.05, 0.1) is 0 Å². The largest absolute Gasteiger partial charge is 0.507 e. The molecule has 0 bridgehead atoms. The molecule has 3 rings (SSSR count). The van der Waals surface area contributed by atoms with E-state index in [1.165, 1.54) is 0 Å². The van der Waals surface area contributed by atoms with Gasteiger partial charge in [-0.2, -0.15) is 0 Å². The molecule has 1 heterocycles. The topological polar surface area (TPSA) is 57.1 Å². The van der Waals surface area contributed by atoms with Crippen molar-refractivity contribution < 1.29 is 9.84 Å². The summed E-state index contributed by atoms with van der Waals surface area (Å²) in [5.74, 6) is 1.20. The van der Waals surface area contributed by atoms with Gasteiger partial charge in [0.25, 0.3) is 0 Å². The summed E-state index contributed by atoms with van der Waals surface area (Å²) in [6.07, 6.45) is 1.72. The molecule has 1 aliphatic heterocycles. The molecule has 25 heavy (non-hydrogen) atoms. The van der Waals surface area contributed by atoms with Crippen LogP contribution in [0.25, 0.3) is 0 Å². The van der Waals surface area contributed by atoms with Gasteiger partial charge in [0.1, 0.15) is 24.3 Å². The van der Waals surface area contributed by atoms with E-state index in [2.05, 4.69) is 15.2 Å². The van der Waals surface area contributed by atoms with E-state index in [1.54, 1.807) is 0 Å². The first-order valence-corrected chi connectivity index (χ1v) is 8.45. The highest BCUT2D eigenvalue weighted by Crippen LogP contribution is 2.33. The maximum atomic E-state index is 9.97. The first-order valence-electron chi connectivity index (χ1n) is 8.45. The summed E-state index contributed by atoms with van der Waals surface area (Å²) in [6, 6.07) is 9.95. The zero-order chi connectivity index (χ0) is 18.0. The van der Waals surface area contributed by atoms with Crippen LogP contribution in [0.1, 0.15) is 28.4 Å². The Balaban J connectivity index is 1.78. The van der Waals surface area contributed by atoms with Crippen molar-refractivity contribution in [3.8, 4) is 11.5 Å². The van der Waals surface area contributed by atoms with E-state index in [0.717, 1.165) is 40.2 Å². The molecular weight excluding hydrogens is 314 g/mol. The molecule has 0 radical (unpaired) electrons. The van der Waals surface area contributed by atoms with Crippen LogP contribution < -0.4 is 10.1 Å². The van der Waals surface area contributed by atoms with Gasteiger partial charge < -0.3 is 20.1 Å². The summed E-state index contributed by atoms with van der Waals surface area (Å²) in [4.78, 5) is 6.69. The van der Waals surface area contributed by atoms with Crippen LogP contribution in [-0.2, 0) is 0 Å². The standard InChI is InChI=1S/C20H25N3O2/c1-13-9-16(10-14(2)19(13)24)20-21-12-15-5-6-17(11-18(15)22-20)25-8-7-23(3)4/h5-6,9-12,20,22,24H,7-8H2,1-4H3. The highest BCUT2D eigenvalue weighted by molar-refractivity contribution is 5.90. The van der Waals surface area contributed by atoms with Crippen molar-refractivity contribution in [3.63, 3.8) is 0 Å². The van der Waals surface area contributed by atoms with Crippen LogP contribution in [0.5, 0.6) is 11.5 Å². The van der Waals surface area contributed by atoms with Gasteiger partial charge in [0, 0.05) is 30.1 Å². The number of anilines is 1. The SMILES string of the molecule is Cc1cc(C2N=Cc3ccc(OCCN(C)C)cc3N2)cc(C)c1O. The zero-order valence-corrected chi connectivity index (χ0v) is 15.2. The quantitative estimate of drug-likeness (QED) is 0.875. The van der Waals surface area contributed by atoms with E-state index >= 15 is 0 Å². The van der Waals surface area contributed by atoms with Gasteiger partial charge in [0.2, 0.25) is 0 Å². The number of nitrogens with one attached hydrogen (secondary N) is 1. The van der Waals surface area contributed by atoms with Crippen LogP contribution in [0.3, 0.4) is 0 Å². The molecule has 2 N–H and O–H groups in total. The first-order chi connectivity index (χ1) is 11.9. The summed E-state index contributed by atoms with van der Waals surface area (Å²) in [7, 11) is 4.06. The summed E-state index contributed by atoms with van der Waals surface area (Å²) >= 11 is 0. The Kier molecular flexibility index (Phi) is 4.95. The minimum absolute atomic E-state index is 0.164. The third-order valence-electron chi connectivity index (χ3n) is 4.32. The number of phenolic OH excluding ortho intramolecular Hbond substituents is 1. The molecule has 1 unspecified atom stereocenters. The molecule has 2 aromatic rings. The Morgan fingerprint density at radius 1 is 1.16 bits per heavy atom.